The van der Waals surface area contributed by atoms with E-state index in [-0.39, 0.29) is 0 Å². The molecule has 0 saturated carbocycles. The third-order valence-corrected chi connectivity index (χ3v) is 3.36. The van der Waals surface area contributed by atoms with Gasteiger partial charge in [-0.15, -0.1) is 11.3 Å². The van der Waals surface area contributed by atoms with Crippen molar-refractivity contribution in [1.82, 2.24) is 9.97 Å². The Bertz CT molecular complexity index is 481. The Balaban J connectivity index is 2.20. The molecule has 0 bridgehead atoms. The van der Waals surface area contributed by atoms with E-state index in [0.29, 0.717) is 5.95 Å². The topological polar surface area (TPSA) is 41.1 Å². The molecular weight excluding hydrogens is 232 g/mol. The lowest BCUT2D eigenvalue weighted by molar-refractivity contribution is 0.896. The van der Waals surface area contributed by atoms with E-state index in [1.807, 2.05) is 20.2 Å². The molecule has 1 N–H and O–H groups in total. The Hall–Kier alpha value is -1.62. The number of aromatic nitrogens is 2. The van der Waals surface area contributed by atoms with Crippen molar-refractivity contribution in [3.8, 4) is 0 Å². The highest BCUT2D eigenvalue weighted by molar-refractivity contribution is 7.09. The fourth-order valence-corrected chi connectivity index (χ4v) is 2.41. The van der Waals surface area contributed by atoms with Crippen LogP contribution in [0, 0.1) is 6.92 Å². The second-order valence-electron chi connectivity index (χ2n) is 3.89. The van der Waals surface area contributed by atoms with Gasteiger partial charge in [0.1, 0.15) is 5.82 Å². The smallest absolute Gasteiger partial charge is 0.224 e. The summed E-state index contributed by atoms with van der Waals surface area (Å²) in [7, 11) is 3.88. The van der Waals surface area contributed by atoms with E-state index in [4.69, 9.17) is 0 Å². The second-order valence-corrected chi connectivity index (χ2v) is 4.92. The zero-order chi connectivity index (χ0) is 12.3. The lowest BCUT2D eigenvalue weighted by Crippen LogP contribution is -2.19. The number of aryl methyl sites for hydroxylation is 1. The predicted molar refractivity (Wildman–Crippen MR) is 72.7 cm³/mol. The van der Waals surface area contributed by atoms with Crippen molar-refractivity contribution < 1.29 is 0 Å². The summed E-state index contributed by atoms with van der Waals surface area (Å²) < 4.78 is 0. The molecule has 4 nitrogen and oxygen atoms in total. The molecule has 0 fully saturated rings. The molecule has 0 aliphatic carbocycles. The molecule has 2 rings (SSSR count). The van der Waals surface area contributed by atoms with Crippen LogP contribution in [0.5, 0.6) is 0 Å². The highest BCUT2D eigenvalue weighted by atomic mass is 32.1. The molecule has 17 heavy (non-hydrogen) atoms. The van der Waals surface area contributed by atoms with Gasteiger partial charge in [-0.3, -0.25) is 0 Å². The van der Waals surface area contributed by atoms with Crippen molar-refractivity contribution in [3.05, 3.63) is 34.2 Å². The van der Waals surface area contributed by atoms with Crippen LogP contribution >= 0.6 is 11.3 Å². The number of hydrogen-bond donors (Lipinski definition) is 1. The standard InChI is InChI=1S/C12H16N4S/c1-9-7-14-12(13-2)15-11(9)16(3)8-10-5-4-6-17-10/h4-7H,8H2,1-3H3,(H,13,14,15). The van der Waals surface area contributed by atoms with Gasteiger partial charge in [-0.25, -0.2) is 4.98 Å². The summed E-state index contributed by atoms with van der Waals surface area (Å²) in [5.41, 5.74) is 1.09. The zero-order valence-corrected chi connectivity index (χ0v) is 11.1. The first-order chi connectivity index (χ1) is 8.20. The molecule has 0 aliphatic rings. The fourth-order valence-electron chi connectivity index (χ4n) is 1.65. The van der Waals surface area contributed by atoms with Crippen LogP contribution in [-0.2, 0) is 6.54 Å². The lowest BCUT2D eigenvalue weighted by atomic mass is 10.3. The van der Waals surface area contributed by atoms with Crippen LogP contribution in [0.3, 0.4) is 0 Å². The molecule has 2 aromatic rings. The van der Waals surface area contributed by atoms with Crippen LogP contribution in [0.15, 0.2) is 23.7 Å². The van der Waals surface area contributed by atoms with Crippen LogP contribution < -0.4 is 10.2 Å². The van der Waals surface area contributed by atoms with Gasteiger partial charge >= 0.3 is 0 Å². The number of nitrogens with zero attached hydrogens (tertiary/aromatic N) is 3. The van der Waals surface area contributed by atoms with E-state index in [0.717, 1.165) is 17.9 Å². The highest BCUT2D eigenvalue weighted by Gasteiger charge is 2.09. The Labute approximate surface area is 105 Å². The summed E-state index contributed by atoms with van der Waals surface area (Å²) in [4.78, 5) is 12.1. The number of thiophene rings is 1. The van der Waals surface area contributed by atoms with Gasteiger partial charge in [0.05, 0.1) is 6.54 Å². The average Bonchev–Trinajstić information content (AvgIpc) is 2.82. The molecule has 0 spiro atoms. The first-order valence-electron chi connectivity index (χ1n) is 5.45. The molecular formula is C12H16N4S. The molecule has 0 aliphatic heterocycles. The van der Waals surface area contributed by atoms with E-state index in [9.17, 15) is 0 Å². The summed E-state index contributed by atoms with van der Waals surface area (Å²) in [5.74, 6) is 1.63. The molecule has 2 aromatic heterocycles. The maximum atomic E-state index is 4.48. The largest absolute Gasteiger partial charge is 0.357 e. The normalized spacial score (nSPS) is 10.3. The third kappa shape index (κ3) is 2.74. The third-order valence-electron chi connectivity index (χ3n) is 2.50. The predicted octanol–water partition coefficient (Wildman–Crippen LogP) is 2.52. The van der Waals surface area contributed by atoms with E-state index in [1.165, 1.54) is 4.88 Å². The van der Waals surface area contributed by atoms with Crippen molar-refractivity contribution in [2.45, 2.75) is 13.5 Å². The first-order valence-corrected chi connectivity index (χ1v) is 6.33. The Morgan fingerprint density at radius 1 is 1.47 bits per heavy atom. The number of hydrogen-bond acceptors (Lipinski definition) is 5. The lowest BCUT2D eigenvalue weighted by Gasteiger charge is -2.19. The van der Waals surface area contributed by atoms with Gasteiger partial charge in [0.25, 0.3) is 0 Å². The summed E-state index contributed by atoms with van der Waals surface area (Å²) in [6, 6.07) is 4.20. The van der Waals surface area contributed by atoms with Crippen LogP contribution in [0.2, 0.25) is 0 Å². The summed E-state index contributed by atoms with van der Waals surface area (Å²) >= 11 is 1.76. The summed E-state index contributed by atoms with van der Waals surface area (Å²) in [5, 5.41) is 5.05. The molecule has 0 radical (unpaired) electrons. The van der Waals surface area contributed by atoms with Gasteiger partial charge in [-0.1, -0.05) is 6.07 Å². The molecule has 90 valence electrons. The highest BCUT2D eigenvalue weighted by Crippen LogP contribution is 2.20. The maximum absolute atomic E-state index is 4.48. The van der Waals surface area contributed by atoms with Crippen LogP contribution in [-0.4, -0.2) is 24.1 Å². The molecule has 0 amide bonds. The number of rotatable bonds is 4. The monoisotopic (exact) mass is 248 g/mol. The van der Waals surface area contributed by atoms with Gasteiger partial charge in [-0.2, -0.15) is 4.98 Å². The minimum absolute atomic E-state index is 0.656. The number of nitrogens with one attached hydrogen (secondary N) is 1. The molecule has 0 saturated heterocycles. The van der Waals surface area contributed by atoms with E-state index < -0.39 is 0 Å². The van der Waals surface area contributed by atoms with Crippen molar-refractivity contribution in [2.24, 2.45) is 0 Å². The first kappa shape index (κ1) is 11.9. The van der Waals surface area contributed by atoms with Crippen molar-refractivity contribution in [3.63, 3.8) is 0 Å². The quantitative estimate of drug-likeness (QED) is 0.902. The second kappa shape index (κ2) is 5.14. The SMILES string of the molecule is CNc1ncc(C)c(N(C)Cc2cccs2)n1. The van der Waals surface area contributed by atoms with Crippen LogP contribution in [0.1, 0.15) is 10.4 Å². The Morgan fingerprint density at radius 3 is 2.94 bits per heavy atom. The van der Waals surface area contributed by atoms with Crippen molar-refractivity contribution in [1.29, 1.82) is 0 Å². The molecule has 0 atom stereocenters. The van der Waals surface area contributed by atoms with Gasteiger partial charge in [0.15, 0.2) is 0 Å². The van der Waals surface area contributed by atoms with Gasteiger partial charge in [-0.05, 0) is 18.4 Å². The van der Waals surface area contributed by atoms with Gasteiger partial charge in [0.2, 0.25) is 5.95 Å². The Kier molecular flexibility index (Phi) is 3.58. The molecule has 0 aromatic carbocycles. The van der Waals surface area contributed by atoms with E-state index in [2.05, 4.69) is 44.7 Å². The van der Waals surface area contributed by atoms with E-state index in [1.54, 1.807) is 11.3 Å². The summed E-state index contributed by atoms with van der Waals surface area (Å²) in [6.07, 6.45) is 1.85. The van der Waals surface area contributed by atoms with Gasteiger partial charge in [0, 0.05) is 30.7 Å². The summed E-state index contributed by atoms with van der Waals surface area (Å²) in [6.45, 7) is 2.90. The van der Waals surface area contributed by atoms with Crippen LogP contribution in [0.25, 0.3) is 0 Å². The molecule has 0 unspecified atom stereocenters. The molecule has 2 heterocycles. The van der Waals surface area contributed by atoms with E-state index >= 15 is 0 Å². The number of anilines is 2. The fraction of sp³-hybridized carbons (Fsp3) is 0.333. The Morgan fingerprint density at radius 2 is 2.29 bits per heavy atom. The minimum Gasteiger partial charge on any atom is -0.357 e. The van der Waals surface area contributed by atoms with Crippen molar-refractivity contribution >= 4 is 23.1 Å². The average molecular weight is 248 g/mol. The molecule has 5 heteroatoms. The van der Waals surface area contributed by atoms with Gasteiger partial charge < -0.3 is 10.2 Å². The van der Waals surface area contributed by atoms with Crippen molar-refractivity contribution in [2.75, 3.05) is 24.3 Å². The zero-order valence-electron chi connectivity index (χ0n) is 10.3. The minimum atomic E-state index is 0.656. The van der Waals surface area contributed by atoms with Crippen LogP contribution in [0.4, 0.5) is 11.8 Å². The maximum Gasteiger partial charge on any atom is 0.224 e.